The summed E-state index contributed by atoms with van der Waals surface area (Å²) in [5, 5.41) is -0.274. The van der Waals surface area contributed by atoms with Gasteiger partial charge in [-0.1, -0.05) is 18.2 Å². The zero-order valence-corrected chi connectivity index (χ0v) is 17.2. The normalized spacial score (nSPS) is 10.9. The summed E-state index contributed by atoms with van der Waals surface area (Å²) in [6.07, 6.45) is 0. The molecule has 0 aliphatic carbocycles. The molecule has 0 aromatic heterocycles. The van der Waals surface area contributed by atoms with E-state index in [0.717, 1.165) is 22.4 Å². The third kappa shape index (κ3) is 6.27. The first kappa shape index (κ1) is 20.8. The lowest BCUT2D eigenvalue weighted by molar-refractivity contribution is 0.0981. The van der Waals surface area contributed by atoms with Gasteiger partial charge >= 0.3 is 0 Å². The summed E-state index contributed by atoms with van der Waals surface area (Å²) in [6, 6.07) is 22.4. The second kappa shape index (κ2) is 9.49. The molecule has 0 heterocycles. The molecule has 6 nitrogen and oxygen atoms in total. The van der Waals surface area contributed by atoms with Gasteiger partial charge < -0.3 is 9.47 Å². The van der Waals surface area contributed by atoms with Gasteiger partial charge in [0.15, 0.2) is 0 Å². The van der Waals surface area contributed by atoms with Gasteiger partial charge in [0.05, 0.1) is 7.11 Å². The fourth-order valence-corrected chi connectivity index (χ4v) is 4.48. The first-order valence-corrected chi connectivity index (χ1v) is 11.2. The Morgan fingerprint density at radius 2 is 1.41 bits per heavy atom. The van der Waals surface area contributed by atoms with E-state index < -0.39 is 15.9 Å². The van der Waals surface area contributed by atoms with E-state index in [4.69, 9.17) is 9.47 Å². The molecular weight excluding hydrogens is 410 g/mol. The van der Waals surface area contributed by atoms with Crippen LogP contribution in [0.15, 0.2) is 83.8 Å². The highest BCUT2D eigenvalue weighted by Gasteiger charge is 2.16. The minimum atomic E-state index is -3.77. The molecule has 3 aromatic carbocycles. The van der Waals surface area contributed by atoms with Crippen LogP contribution in [0.25, 0.3) is 0 Å². The van der Waals surface area contributed by atoms with Crippen LogP contribution in [0.1, 0.15) is 10.4 Å². The predicted octanol–water partition coefficient (Wildman–Crippen LogP) is 4.30. The van der Waals surface area contributed by atoms with Gasteiger partial charge in [-0.3, -0.25) is 4.79 Å². The van der Waals surface area contributed by atoms with E-state index >= 15 is 0 Å². The SMILES string of the molecule is COc1ccc(Oc2ccc(SCS(=O)(=O)NC(=O)c3ccccc3)cc2)cc1. The van der Waals surface area contributed by atoms with E-state index in [2.05, 4.69) is 4.72 Å². The lowest BCUT2D eigenvalue weighted by atomic mass is 10.2. The van der Waals surface area contributed by atoms with Crippen LogP contribution in [0.3, 0.4) is 0 Å². The average Bonchev–Trinajstić information content (AvgIpc) is 2.74. The van der Waals surface area contributed by atoms with E-state index in [-0.39, 0.29) is 5.08 Å². The fourth-order valence-electron chi connectivity index (χ4n) is 2.35. The Kier molecular flexibility index (Phi) is 6.79. The molecule has 150 valence electrons. The fraction of sp³-hybridized carbons (Fsp3) is 0.0952. The van der Waals surface area contributed by atoms with Crippen LogP contribution in [0.2, 0.25) is 0 Å². The van der Waals surface area contributed by atoms with Crippen molar-refractivity contribution in [1.82, 2.24) is 4.72 Å². The molecule has 0 atom stereocenters. The molecule has 3 aromatic rings. The molecular formula is C21H19NO5S2. The Labute approximate surface area is 173 Å². The van der Waals surface area contributed by atoms with Gasteiger partial charge in [0.25, 0.3) is 5.91 Å². The van der Waals surface area contributed by atoms with Crippen LogP contribution in [0.5, 0.6) is 17.2 Å². The Balaban J connectivity index is 1.54. The number of ether oxygens (including phenoxy) is 2. The highest BCUT2D eigenvalue weighted by atomic mass is 32.3. The summed E-state index contributed by atoms with van der Waals surface area (Å²) in [4.78, 5) is 12.7. The molecule has 0 unspecified atom stereocenters. The number of rotatable bonds is 8. The maximum absolute atomic E-state index is 12.2. The number of sulfonamides is 1. The minimum absolute atomic E-state index is 0.274. The summed E-state index contributed by atoms with van der Waals surface area (Å²) in [5.41, 5.74) is 0.293. The number of hydrogen-bond donors (Lipinski definition) is 1. The number of benzene rings is 3. The van der Waals surface area contributed by atoms with Gasteiger partial charge in [0.1, 0.15) is 22.3 Å². The molecule has 3 rings (SSSR count). The lowest BCUT2D eigenvalue weighted by Gasteiger charge is -2.09. The zero-order chi connectivity index (χ0) is 20.7. The number of nitrogens with one attached hydrogen (secondary N) is 1. The van der Waals surface area contributed by atoms with Crippen LogP contribution in [0.4, 0.5) is 0 Å². The molecule has 0 bridgehead atoms. The van der Waals surface area contributed by atoms with E-state index in [1.807, 2.05) is 0 Å². The monoisotopic (exact) mass is 429 g/mol. The Morgan fingerprint density at radius 1 is 0.862 bits per heavy atom. The molecule has 0 aliphatic heterocycles. The largest absolute Gasteiger partial charge is 0.497 e. The maximum atomic E-state index is 12.2. The van der Waals surface area contributed by atoms with Crippen molar-refractivity contribution in [3.8, 4) is 17.2 Å². The molecule has 0 spiro atoms. The molecule has 0 radical (unpaired) electrons. The Hall–Kier alpha value is -2.97. The van der Waals surface area contributed by atoms with E-state index in [0.29, 0.717) is 17.1 Å². The van der Waals surface area contributed by atoms with Gasteiger partial charge in [-0.25, -0.2) is 13.1 Å². The topological polar surface area (TPSA) is 81.7 Å². The number of carbonyl (C=O) groups excluding carboxylic acids is 1. The number of thioether (sulfide) groups is 1. The Bertz CT molecular complexity index is 1050. The number of amides is 1. The molecule has 0 fully saturated rings. The maximum Gasteiger partial charge on any atom is 0.264 e. The summed E-state index contributed by atoms with van der Waals surface area (Å²) in [6.45, 7) is 0. The number of carbonyl (C=O) groups is 1. The first-order valence-electron chi connectivity index (χ1n) is 8.60. The first-order chi connectivity index (χ1) is 13.9. The molecule has 1 amide bonds. The smallest absolute Gasteiger partial charge is 0.264 e. The van der Waals surface area contributed by atoms with Gasteiger partial charge in [-0.2, -0.15) is 0 Å². The van der Waals surface area contributed by atoms with Crippen molar-refractivity contribution in [3.63, 3.8) is 0 Å². The van der Waals surface area contributed by atoms with Crippen LogP contribution < -0.4 is 14.2 Å². The van der Waals surface area contributed by atoms with Gasteiger partial charge in [0.2, 0.25) is 10.0 Å². The summed E-state index contributed by atoms with van der Waals surface area (Å²) in [7, 11) is -2.18. The van der Waals surface area contributed by atoms with Crippen molar-refractivity contribution in [3.05, 3.63) is 84.4 Å². The number of methoxy groups -OCH3 is 1. The molecule has 0 saturated carbocycles. The minimum Gasteiger partial charge on any atom is -0.497 e. The van der Waals surface area contributed by atoms with Gasteiger partial charge in [-0.05, 0) is 60.7 Å². The third-order valence-corrected chi connectivity index (χ3v) is 6.60. The van der Waals surface area contributed by atoms with E-state index in [9.17, 15) is 13.2 Å². The second-order valence-electron chi connectivity index (χ2n) is 5.92. The van der Waals surface area contributed by atoms with Crippen LogP contribution >= 0.6 is 11.8 Å². The van der Waals surface area contributed by atoms with Crippen molar-refractivity contribution in [2.45, 2.75) is 4.90 Å². The lowest BCUT2D eigenvalue weighted by Crippen LogP contribution is -2.31. The standard InChI is InChI=1S/C21H19NO5S2/c1-26-17-7-9-18(10-8-17)27-19-11-13-20(14-12-19)28-15-29(24,25)22-21(23)16-5-3-2-4-6-16/h2-14H,15H2,1H3,(H,22,23). The summed E-state index contributed by atoms with van der Waals surface area (Å²) < 4.78 is 37.2. The van der Waals surface area contributed by atoms with Crippen molar-refractivity contribution >= 4 is 27.7 Å². The van der Waals surface area contributed by atoms with Crippen LogP contribution in [-0.2, 0) is 10.0 Å². The van der Waals surface area contributed by atoms with Gasteiger partial charge in [0, 0.05) is 10.5 Å². The van der Waals surface area contributed by atoms with Crippen LogP contribution in [-0.4, -0.2) is 26.5 Å². The molecule has 1 N–H and O–H groups in total. The highest BCUT2D eigenvalue weighted by molar-refractivity contribution is 8.12. The number of hydrogen-bond acceptors (Lipinski definition) is 6. The summed E-state index contributed by atoms with van der Waals surface area (Å²) in [5.74, 6) is 1.39. The quantitative estimate of drug-likeness (QED) is 0.538. The molecule has 8 heteroatoms. The molecule has 0 aliphatic rings. The van der Waals surface area contributed by atoms with Crippen molar-refractivity contribution in [2.24, 2.45) is 0 Å². The van der Waals surface area contributed by atoms with E-state index in [1.165, 1.54) is 0 Å². The summed E-state index contributed by atoms with van der Waals surface area (Å²) >= 11 is 1.11. The zero-order valence-electron chi connectivity index (χ0n) is 15.6. The van der Waals surface area contributed by atoms with Gasteiger partial charge in [-0.15, -0.1) is 11.8 Å². The van der Waals surface area contributed by atoms with Crippen molar-refractivity contribution in [1.29, 1.82) is 0 Å². The third-order valence-electron chi connectivity index (χ3n) is 3.78. The molecule has 0 saturated heterocycles. The van der Waals surface area contributed by atoms with Crippen LogP contribution in [0, 0.1) is 0 Å². The highest BCUT2D eigenvalue weighted by Crippen LogP contribution is 2.27. The van der Waals surface area contributed by atoms with Crippen molar-refractivity contribution in [2.75, 3.05) is 12.2 Å². The molecule has 29 heavy (non-hydrogen) atoms. The second-order valence-corrected chi connectivity index (χ2v) is 9.06. The average molecular weight is 430 g/mol. The van der Waals surface area contributed by atoms with E-state index in [1.54, 1.807) is 86.0 Å². The van der Waals surface area contributed by atoms with Crippen molar-refractivity contribution < 1.29 is 22.7 Å². The predicted molar refractivity (Wildman–Crippen MR) is 113 cm³/mol. The Morgan fingerprint density at radius 3 is 2.00 bits per heavy atom.